The number of benzene rings is 2. The van der Waals surface area contributed by atoms with E-state index in [1.807, 2.05) is 67.7 Å². The molecule has 0 fully saturated rings. The van der Waals surface area contributed by atoms with Gasteiger partial charge in [0.15, 0.2) is 0 Å². The van der Waals surface area contributed by atoms with E-state index >= 15 is 0 Å². The first-order valence-electron chi connectivity index (χ1n) is 14.2. The first kappa shape index (κ1) is 32.2. The Balaban J connectivity index is 1.74. The normalized spacial score (nSPS) is 13.8. The topological polar surface area (TPSA) is 174 Å². The Morgan fingerprint density at radius 3 is 2.00 bits per heavy atom. The highest BCUT2D eigenvalue weighted by Gasteiger charge is 2.29. The first-order chi connectivity index (χ1) is 20.3. The molecular weight excluding hydrogens is 534 g/mol. The summed E-state index contributed by atoms with van der Waals surface area (Å²) in [4.78, 5) is 55.9. The lowest BCUT2D eigenvalue weighted by Gasteiger charge is -2.25. The fourth-order valence-corrected chi connectivity index (χ4v) is 4.56. The van der Waals surface area contributed by atoms with Crippen LogP contribution in [0.15, 0.2) is 73.2 Å². The van der Waals surface area contributed by atoms with Crippen LogP contribution in [-0.2, 0) is 45.5 Å². The maximum Gasteiger partial charge on any atom is 0.243 e. The van der Waals surface area contributed by atoms with Gasteiger partial charge in [0.05, 0.1) is 18.4 Å². The number of carbonyl (C=O) groups excluding carboxylic acids is 4. The minimum Gasteiger partial charge on any atom is -0.344 e. The molecule has 0 spiro atoms. The molecule has 11 heteroatoms. The Labute approximate surface area is 246 Å². The van der Waals surface area contributed by atoms with Gasteiger partial charge in [-0.2, -0.15) is 0 Å². The molecule has 1 heterocycles. The minimum atomic E-state index is -0.991. The predicted molar refractivity (Wildman–Crippen MR) is 160 cm³/mol. The smallest absolute Gasteiger partial charge is 0.243 e. The standard InChI is InChI=1S/C31H41N7O4/c1-38-21-34-19-25(38)18-26(33)29(40)36-27(14-8-9-15-32)30(41)37-28(17-23-12-6-3-7-13-23)31(42)35-24(20-39)16-22-10-4-2-5-11-22/h2-7,10-13,19-21,24,26-28H,8-9,14-18,32-33H2,1H3,(H,35,42)(H,36,40)(H,37,41)/t24-,26-,27-,28-/m0/s1. The van der Waals surface area contributed by atoms with Crippen LogP contribution in [0.4, 0.5) is 0 Å². The van der Waals surface area contributed by atoms with Gasteiger partial charge in [-0.1, -0.05) is 60.7 Å². The number of nitrogens with one attached hydrogen (secondary N) is 3. The van der Waals surface area contributed by atoms with Crippen LogP contribution in [0, 0.1) is 0 Å². The van der Waals surface area contributed by atoms with Crippen molar-refractivity contribution >= 4 is 24.0 Å². The number of amides is 3. The molecule has 3 rings (SSSR count). The van der Waals surface area contributed by atoms with Crippen molar-refractivity contribution in [1.82, 2.24) is 25.5 Å². The van der Waals surface area contributed by atoms with Crippen molar-refractivity contribution in [2.45, 2.75) is 62.7 Å². The van der Waals surface area contributed by atoms with Crippen LogP contribution in [-0.4, -0.2) is 64.3 Å². The summed E-state index contributed by atoms with van der Waals surface area (Å²) in [6.07, 6.45) is 6.26. The summed E-state index contributed by atoms with van der Waals surface area (Å²) in [6.45, 7) is 0.440. The fraction of sp³-hybridized carbons (Fsp3) is 0.387. The van der Waals surface area contributed by atoms with Crippen LogP contribution in [0.1, 0.15) is 36.1 Å². The summed E-state index contributed by atoms with van der Waals surface area (Å²) < 4.78 is 1.77. The number of nitrogens with two attached hydrogens (primary N) is 2. The lowest BCUT2D eigenvalue weighted by molar-refractivity contribution is -0.133. The van der Waals surface area contributed by atoms with Gasteiger partial charge in [0.1, 0.15) is 18.4 Å². The second-order valence-corrected chi connectivity index (χ2v) is 10.3. The number of rotatable bonds is 17. The Hall–Kier alpha value is -4.35. The molecule has 0 unspecified atom stereocenters. The minimum absolute atomic E-state index is 0.193. The second kappa shape index (κ2) is 16.8. The molecule has 11 nitrogen and oxygen atoms in total. The molecule has 0 aliphatic rings. The highest BCUT2D eigenvalue weighted by Crippen LogP contribution is 2.09. The van der Waals surface area contributed by atoms with Crippen molar-refractivity contribution in [3.05, 3.63) is 90.0 Å². The monoisotopic (exact) mass is 575 g/mol. The molecule has 0 radical (unpaired) electrons. The van der Waals surface area contributed by atoms with E-state index < -0.39 is 41.9 Å². The first-order valence-corrected chi connectivity index (χ1v) is 14.2. The highest BCUT2D eigenvalue weighted by molar-refractivity contribution is 5.93. The largest absolute Gasteiger partial charge is 0.344 e. The van der Waals surface area contributed by atoms with Gasteiger partial charge in [-0.3, -0.25) is 14.4 Å². The van der Waals surface area contributed by atoms with Crippen LogP contribution in [0.2, 0.25) is 0 Å². The van der Waals surface area contributed by atoms with E-state index in [2.05, 4.69) is 20.9 Å². The molecule has 42 heavy (non-hydrogen) atoms. The molecule has 2 aromatic carbocycles. The van der Waals surface area contributed by atoms with Crippen LogP contribution < -0.4 is 27.4 Å². The molecule has 4 atom stereocenters. The number of hydrogen-bond acceptors (Lipinski definition) is 7. The molecule has 0 aliphatic heterocycles. The maximum atomic E-state index is 13.6. The van der Waals surface area contributed by atoms with Crippen molar-refractivity contribution < 1.29 is 19.2 Å². The summed E-state index contributed by atoms with van der Waals surface area (Å²) >= 11 is 0. The van der Waals surface area contributed by atoms with Gasteiger partial charge < -0.3 is 36.8 Å². The zero-order valence-corrected chi connectivity index (χ0v) is 23.9. The van der Waals surface area contributed by atoms with Gasteiger partial charge in [-0.15, -0.1) is 0 Å². The number of nitrogens with zero attached hydrogens (tertiary/aromatic N) is 2. The third kappa shape index (κ3) is 10.2. The highest BCUT2D eigenvalue weighted by atomic mass is 16.2. The zero-order valence-electron chi connectivity index (χ0n) is 23.9. The molecular formula is C31H41N7O4. The van der Waals surface area contributed by atoms with Crippen molar-refractivity contribution in [1.29, 1.82) is 0 Å². The number of hydrogen-bond donors (Lipinski definition) is 5. The van der Waals surface area contributed by atoms with E-state index in [1.54, 1.807) is 17.1 Å². The number of aromatic nitrogens is 2. The Kier molecular flexibility index (Phi) is 12.9. The van der Waals surface area contributed by atoms with Gasteiger partial charge in [0, 0.05) is 31.8 Å². The van der Waals surface area contributed by atoms with Crippen LogP contribution in [0.5, 0.6) is 0 Å². The lowest BCUT2D eigenvalue weighted by Crippen LogP contribution is -2.57. The number of aryl methyl sites for hydroxylation is 1. The summed E-state index contributed by atoms with van der Waals surface area (Å²) in [7, 11) is 1.81. The lowest BCUT2D eigenvalue weighted by atomic mass is 10.0. The molecule has 3 amide bonds. The van der Waals surface area contributed by atoms with Gasteiger partial charge in [-0.25, -0.2) is 4.98 Å². The van der Waals surface area contributed by atoms with Crippen molar-refractivity contribution in [3.8, 4) is 0 Å². The summed E-state index contributed by atoms with van der Waals surface area (Å²) in [5.41, 5.74) is 14.3. The molecule has 224 valence electrons. The van der Waals surface area contributed by atoms with Crippen molar-refractivity contribution in [3.63, 3.8) is 0 Å². The SMILES string of the molecule is Cn1cncc1C[C@H](N)C(=O)N[C@@H](CCCCN)C(=O)N[C@@H](Cc1ccccc1)C(=O)N[C@H](C=O)Cc1ccccc1. The number of aldehydes is 1. The number of carbonyl (C=O) groups is 4. The van der Waals surface area contributed by atoms with Crippen molar-refractivity contribution in [2.24, 2.45) is 18.5 Å². The molecule has 7 N–H and O–H groups in total. The Morgan fingerprint density at radius 2 is 1.43 bits per heavy atom. The number of imidazole rings is 1. The predicted octanol–water partition coefficient (Wildman–Crippen LogP) is 0.558. The quantitative estimate of drug-likeness (QED) is 0.115. The molecule has 0 saturated heterocycles. The van der Waals surface area contributed by atoms with E-state index in [-0.39, 0.29) is 12.8 Å². The van der Waals surface area contributed by atoms with Crippen LogP contribution in [0.25, 0.3) is 0 Å². The van der Waals surface area contributed by atoms with E-state index in [9.17, 15) is 19.2 Å². The molecule has 0 aliphatic carbocycles. The molecule has 1 aromatic heterocycles. The number of unbranched alkanes of at least 4 members (excludes halogenated alkanes) is 1. The Bertz CT molecular complexity index is 1280. The van der Waals surface area contributed by atoms with E-state index in [4.69, 9.17) is 11.5 Å². The zero-order chi connectivity index (χ0) is 30.3. The maximum absolute atomic E-state index is 13.6. The van der Waals surface area contributed by atoms with Gasteiger partial charge in [-0.05, 0) is 43.4 Å². The molecule has 0 saturated carbocycles. The average molecular weight is 576 g/mol. The average Bonchev–Trinajstić information content (AvgIpc) is 3.40. The second-order valence-electron chi connectivity index (χ2n) is 10.3. The molecule has 0 bridgehead atoms. The summed E-state index contributed by atoms with van der Waals surface area (Å²) in [6, 6.07) is 15.0. The third-order valence-corrected chi connectivity index (χ3v) is 6.97. The molecule has 3 aromatic rings. The van der Waals surface area contributed by atoms with Crippen molar-refractivity contribution in [2.75, 3.05) is 6.54 Å². The van der Waals surface area contributed by atoms with E-state index in [0.29, 0.717) is 38.5 Å². The van der Waals surface area contributed by atoms with E-state index in [0.717, 1.165) is 16.8 Å². The Morgan fingerprint density at radius 1 is 0.833 bits per heavy atom. The summed E-state index contributed by atoms with van der Waals surface area (Å²) in [5.74, 6) is -1.51. The van der Waals surface area contributed by atoms with Gasteiger partial charge in [0.2, 0.25) is 17.7 Å². The summed E-state index contributed by atoms with van der Waals surface area (Å²) in [5, 5.41) is 8.35. The van der Waals surface area contributed by atoms with E-state index in [1.165, 1.54) is 0 Å². The van der Waals surface area contributed by atoms with Crippen LogP contribution in [0.3, 0.4) is 0 Å². The van der Waals surface area contributed by atoms with Gasteiger partial charge in [0.25, 0.3) is 0 Å². The van der Waals surface area contributed by atoms with Crippen LogP contribution >= 0.6 is 0 Å². The fourth-order valence-electron chi connectivity index (χ4n) is 4.56. The van der Waals surface area contributed by atoms with Gasteiger partial charge >= 0.3 is 0 Å². The third-order valence-electron chi connectivity index (χ3n) is 6.97.